The number of nitrogens with one attached hydrogen (secondary N) is 4. The van der Waals surface area contributed by atoms with Crippen molar-refractivity contribution < 1.29 is 9.59 Å². The maximum Gasteiger partial charge on any atom is 0.317 e. The van der Waals surface area contributed by atoms with Crippen LogP contribution in [0.4, 0.5) is 9.59 Å². The lowest BCUT2D eigenvalue weighted by Crippen LogP contribution is -2.47. The molecule has 4 rings (SSSR count). The Kier molecular flexibility index (Phi) is 9.99. The summed E-state index contributed by atoms with van der Waals surface area (Å²) < 4.78 is 0. The van der Waals surface area contributed by atoms with Crippen molar-refractivity contribution in [1.82, 2.24) is 31.1 Å². The standard InChI is InChI=1S/C28H40N6O2/c35-27-31-15-7-19-33(27)17-5-13-29-21-24-11-4-12-25(23-9-2-1-3-10-23)26(24)22-30-14-6-18-34-20-8-16-32-28(34)36/h1-4,9-12,29-30H,5-8,13-22H2,(H,31,35)(H,32,36). The second-order valence-corrected chi connectivity index (χ2v) is 9.51. The van der Waals surface area contributed by atoms with Gasteiger partial charge in [0, 0.05) is 52.4 Å². The van der Waals surface area contributed by atoms with E-state index in [9.17, 15) is 9.59 Å². The van der Waals surface area contributed by atoms with Crippen molar-refractivity contribution in [2.45, 2.75) is 38.8 Å². The largest absolute Gasteiger partial charge is 0.338 e. The van der Waals surface area contributed by atoms with Crippen molar-refractivity contribution in [3.8, 4) is 11.1 Å². The summed E-state index contributed by atoms with van der Waals surface area (Å²) in [5, 5.41) is 13.0. The van der Waals surface area contributed by atoms with E-state index in [0.717, 1.165) is 91.1 Å². The van der Waals surface area contributed by atoms with E-state index in [1.54, 1.807) is 0 Å². The van der Waals surface area contributed by atoms with Gasteiger partial charge in [-0.15, -0.1) is 0 Å². The SMILES string of the molecule is O=C1NCCCN1CCCNCc1cccc(-c2ccccc2)c1CNCCCN1CCCNC1=O. The first-order chi connectivity index (χ1) is 17.7. The van der Waals surface area contributed by atoms with Gasteiger partial charge in [0.1, 0.15) is 0 Å². The van der Waals surface area contributed by atoms with E-state index in [4.69, 9.17) is 0 Å². The van der Waals surface area contributed by atoms with E-state index in [0.29, 0.717) is 0 Å². The molecule has 0 aliphatic carbocycles. The number of carbonyl (C=O) groups excluding carboxylic acids is 2. The first-order valence-corrected chi connectivity index (χ1v) is 13.4. The van der Waals surface area contributed by atoms with Gasteiger partial charge in [-0.25, -0.2) is 9.59 Å². The Balaban J connectivity index is 1.30. The average Bonchev–Trinajstić information content (AvgIpc) is 2.91. The van der Waals surface area contributed by atoms with Gasteiger partial charge in [0.2, 0.25) is 0 Å². The van der Waals surface area contributed by atoms with Crippen LogP contribution in [0.25, 0.3) is 11.1 Å². The van der Waals surface area contributed by atoms with Crippen molar-refractivity contribution in [1.29, 1.82) is 0 Å². The molecule has 2 fully saturated rings. The van der Waals surface area contributed by atoms with Gasteiger partial charge >= 0.3 is 12.1 Å². The monoisotopic (exact) mass is 492 g/mol. The molecule has 2 aromatic rings. The topological polar surface area (TPSA) is 88.7 Å². The predicted octanol–water partition coefficient (Wildman–Crippen LogP) is 3.14. The first kappa shape index (κ1) is 26.0. The predicted molar refractivity (Wildman–Crippen MR) is 144 cm³/mol. The van der Waals surface area contributed by atoms with E-state index in [2.05, 4.69) is 63.7 Å². The number of nitrogens with zero attached hydrogens (tertiary/aromatic N) is 2. The van der Waals surface area contributed by atoms with Crippen LogP contribution < -0.4 is 21.3 Å². The summed E-state index contributed by atoms with van der Waals surface area (Å²) in [6.07, 6.45) is 3.90. The third-order valence-corrected chi connectivity index (χ3v) is 6.87. The van der Waals surface area contributed by atoms with Crippen LogP contribution in [0.1, 0.15) is 36.8 Å². The molecule has 0 saturated carbocycles. The normalized spacial score (nSPS) is 16.1. The molecule has 194 valence electrons. The summed E-state index contributed by atoms with van der Waals surface area (Å²) in [5.41, 5.74) is 5.07. The van der Waals surface area contributed by atoms with E-state index >= 15 is 0 Å². The highest BCUT2D eigenvalue weighted by molar-refractivity contribution is 5.75. The number of rotatable bonds is 13. The summed E-state index contributed by atoms with van der Waals surface area (Å²) in [4.78, 5) is 27.7. The van der Waals surface area contributed by atoms with Crippen LogP contribution in [-0.2, 0) is 13.1 Å². The zero-order chi connectivity index (χ0) is 25.0. The van der Waals surface area contributed by atoms with Crippen molar-refractivity contribution in [3.05, 3.63) is 59.7 Å². The number of benzene rings is 2. The van der Waals surface area contributed by atoms with Gasteiger partial charge in [0.25, 0.3) is 0 Å². The molecule has 0 spiro atoms. The molecule has 2 aromatic carbocycles. The van der Waals surface area contributed by atoms with Crippen LogP contribution in [-0.4, -0.2) is 74.2 Å². The highest BCUT2D eigenvalue weighted by atomic mass is 16.2. The lowest BCUT2D eigenvalue weighted by molar-refractivity contribution is 0.184. The van der Waals surface area contributed by atoms with Gasteiger partial charge in [-0.2, -0.15) is 0 Å². The molecule has 2 saturated heterocycles. The summed E-state index contributed by atoms with van der Waals surface area (Å²) in [5.74, 6) is 0. The first-order valence-electron chi connectivity index (χ1n) is 13.4. The smallest absolute Gasteiger partial charge is 0.317 e. The van der Waals surface area contributed by atoms with Crippen LogP contribution in [0.2, 0.25) is 0 Å². The van der Waals surface area contributed by atoms with Gasteiger partial charge < -0.3 is 31.1 Å². The number of amides is 4. The van der Waals surface area contributed by atoms with Gasteiger partial charge in [0.15, 0.2) is 0 Å². The fraction of sp³-hybridized carbons (Fsp3) is 0.500. The Hall–Kier alpha value is -3.10. The fourth-order valence-corrected chi connectivity index (χ4v) is 4.91. The molecular weight excluding hydrogens is 452 g/mol. The number of hydrogen-bond donors (Lipinski definition) is 4. The quantitative estimate of drug-likeness (QED) is 0.324. The van der Waals surface area contributed by atoms with Crippen LogP contribution in [0.3, 0.4) is 0 Å². The zero-order valence-corrected chi connectivity index (χ0v) is 21.2. The Morgan fingerprint density at radius 2 is 1.33 bits per heavy atom. The molecule has 8 heteroatoms. The fourth-order valence-electron chi connectivity index (χ4n) is 4.91. The van der Waals surface area contributed by atoms with E-state index in [-0.39, 0.29) is 12.1 Å². The van der Waals surface area contributed by atoms with Gasteiger partial charge in [-0.1, -0.05) is 48.5 Å². The molecule has 2 aliphatic heterocycles. The van der Waals surface area contributed by atoms with Crippen LogP contribution in [0.5, 0.6) is 0 Å². The van der Waals surface area contributed by atoms with E-state index < -0.39 is 0 Å². The second kappa shape index (κ2) is 13.8. The molecule has 4 amide bonds. The summed E-state index contributed by atoms with van der Waals surface area (Å²) in [6.45, 7) is 8.13. The molecule has 36 heavy (non-hydrogen) atoms. The maximum absolute atomic E-state index is 11.9. The molecule has 0 radical (unpaired) electrons. The third kappa shape index (κ3) is 7.45. The highest BCUT2D eigenvalue weighted by Crippen LogP contribution is 2.26. The lowest BCUT2D eigenvalue weighted by atomic mass is 9.95. The zero-order valence-electron chi connectivity index (χ0n) is 21.2. The summed E-state index contributed by atoms with van der Waals surface area (Å²) in [6, 6.07) is 17.2. The van der Waals surface area contributed by atoms with Crippen LogP contribution in [0, 0.1) is 0 Å². The molecular formula is C28H40N6O2. The van der Waals surface area contributed by atoms with Gasteiger partial charge in [-0.05, 0) is 61.0 Å². The molecule has 2 aliphatic rings. The number of carbonyl (C=O) groups is 2. The highest BCUT2D eigenvalue weighted by Gasteiger charge is 2.17. The van der Waals surface area contributed by atoms with Crippen molar-refractivity contribution in [2.24, 2.45) is 0 Å². The molecule has 2 heterocycles. The Morgan fingerprint density at radius 3 is 1.94 bits per heavy atom. The summed E-state index contributed by atoms with van der Waals surface area (Å²) in [7, 11) is 0. The minimum atomic E-state index is 0.0601. The third-order valence-electron chi connectivity index (χ3n) is 6.87. The molecule has 0 unspecified atom stereocenters. The molecule has 0 atom stereocenters. The molecule has 8 nitrogen and oxygen atoms in total. The van der Waals surface area contributed by atoms with Crippen molar-refractivity contribution in [3.63, 3.8) is 0 Å². The summed E-state index contributed by atoms with van der Waals surface area (Å²) >= 11 is 0. The van der Waals surface area contributed by atoms with E-state index in [1.807, 2.05) is 15.9 Å². The Morgan fingerprint density at radius 1 is 0.722 bits per heavy atom. The second-order valence-electron chi connectivity index (χ2n) is 9.51. The van der Waals surface area contributed by atoms with Crippen LogP contribution in [0.15, 0.2) is 48.5 Å². The molecule has 0 aromatic heterocycles. The molecule has 4 N–H and O–H groups in total. The van der Waals surface area contributed by atoms with Gasteiger partial charge in [0.05, 0.1) is 0 Å². The average molecular weight is 493 g/mol. The van der Waals surface area contributed by atoms with Crippen molar-refractivity contribution in [2.75, 3.05) is 52.4 Å². The van der Waals surface area contributed by atoms with E-state index in [1.165, 1.54) is 22.3 Å². The number of urea groups is 2. The van der Waals surface area contributed by atoms with Gasteiger partial charge in [-0.3, -0.25) is 0 Å². The number of hydrogen-bond acceptors (Lipinski definition) is 4. The maximum atomic E-state index is 11.9. The Bertz CT molecular complexity index is 983. The van der Waals surface area contributed by atoms with Crippen LogP contribution >= 0.6 is 0 Å². The minimum absolute atomic E-state index is 0.0601. The minimum Gasteiger partial charge on any atom is -0.338 e. The molecule has 0 bridgehead atoms. The Labute approximate surface area is 214 Å². The lowest BCUT2D eigenvalue weighted by Gasteiger charge is -2.27. The van der Waals surface area contributed by atoms with Crippen molar-refractivity contribution >= 4 is 12.1 Å².